The van der Waals surface area contributed by atoms with Gasteiger partial charge in [-0.15, -0.1) is 0 Å². The van der Waals surface area contributed by atoms with Crippen LogP contribution in [0.5, 0.6) is 5.75 Å². The summed E-state index contributed by atoms with van der Waals surface area (Å²) in [6.07, 6.45) is 12.1. The van der Waals surface area contributed by atoms with E-state index in [4.69, 9.17) is 9.47 Å². The van der Waals surface area contributed by atoms with Crippen LogP contribution in [0.1, 0.15) is 83.1 Å². The molecule has 0 aromatic heterocycles. The van der Waals surface area contributed by atoms with E-state index >= 15 is 0 Å². The summed E-state index contributed by atoms with van der Waals surface area (Å²) in [6.45, 7) is 4.06. The molecule has 5 fully saturated rings. The molecule has 33 heavy (non-hydrogen) atoms. The predicted octanol–water partition coefficient (Wildman–Crippen LogP) is 6.00. The number of halogens is 1. The number of amides is 1. The minimum Gasteiger partial charge on any atom is -0.489 e. The quantitative estimate of drug-likeness (QED) is 0.549. The molecular weight excluding hydrogens is 417 g/mol. The molecule has 1 aliphatic heterocycles. The predicted molar refractivity (Wildman–Crippen MR) is 127 cm³/mol. The molecule has 0 atom stereocenters. The van der Waals surface area contributed by atoms with Crippen molar-refractivity contribution in [2.75, 3.05) is 19.8 Å². The van der Waals surface area contributed by atoms with E-state index < -0.39 is 0 Å². The van der Waals surface area contributed by atoms with Crippen molar-refractivity contribution in [3.63, 3.8) is 0 Å². The van der Waals surface area contributed by atoms with Crippen LogP contribution in [0, 0.1) is 10.8 Å². The van der Waals surface area contributed by atoms with Gasteiger partial charge in [0.1, 0.15) is 12.4 Å². The Balaban J connectivity index is 1.15. The minimum absolute atomic E-state index is 0.158. The summed E-state index contributed by atoms with van der Waals surface area (Å²) in [5.74, 6) is 1.10. The topological polar surface area (TPSA) is 47.6 Å². The van der Waals surface area contributed by atoms with Crippen LogP contribution in [-0.4, -0.2) is 31.8 Å². The van der Waals surface area contributed by atoms with Gasteiger partial charge in [-0.3, -0.25) is 4.79 Å². The van der Waals surface area contributed by atoms with Gasteiger partial charge in [-0.2, -0.15) is 0 Å². The molecule has 1 amide bonds. The Hall–Kier alpha value is -1.88. The largest absolute Gasteiger partial charge is 0.489 e. The first-order valence-corrected chi connectivity index (χ1v) is 12.9. The van der Waals surface area contributed by atoms with E-state index in [0.29, 0.717) is 42.3 Å². The molecule has 4 nitrogen and oxygen atoms in total. The van der Waals surface area contributed by atoms with Crippen molar-refractivity contribution < 1.29 is 18.7 Å². The number of ether oxygens (including phenoxy) is 2. The number of benzene rings is 1. The van der Waals surface area contributed by atoms with Crippen molar-refractivity contribution in [1.29, 1.82) is 0 Å². The lowest BCUT2D eigenvalue weighted by Crippen LogP contribution is -2.55. The van der Waals surface area contributed by atoms with Crippen molar-refractivity contribution in [1.82, 2.24) is 5.32 Å². The second-order valence-electron chi connectivity index (χ2n) is 11.2. The highest BCUT2D eigenvalue weighted by molar-refractivity contribution is 5.83. The van der Waals surface area contributed by atoms with Crippen molar-refractivity contribution >= 4 is 5.91 Å². The average molecular weight is 456 g/mol. The number of carbonyl (C=O) groups is 1. The number of hydrogen-bond donors (Lipinski definition) is 1. The number of nitrogens with one attached hydrogen (secondary N) is 1. The molecular formula is C28H38FNO3. The molecule has 0 radical (unpaired) electrons. The van der Waals surface area contributed by atoms with E-state index in [2.05, 4.69) is 17.4 Å². The maximum Gasteiger partial charge on any atom is 0.226 e. The monoisotopic (exact) mass is 455 g/mol. The Morgan fingerprint density at radius 3 is 2.21 bits per heavy atom. The molecule has 6 rings (SSSR count). The third-order valence-electron chi connectivity index (χ3n) is 9.43. The summed E-state index contributed by atoms with van der Waals surface area (Å²) in [5, 5.41) is 3.46. The highest BCUT2D eigenvalue weighted by Gasteiger charge is 2.53. The summed E-state index contributed by atoms with van der Waals surface area (Å²) in [6, 6.07) is 8.74. The van der Waals surface area contributed by atoms with Gasteiger partial charge in [0.05, 0.1) is 19.5 Å². The van der Waals surface area contributed by atoms with Gasteiger partial charge in [-0.05, 0) is 99.3 Å². The van der Waals surface area contributed by atoms with Gasteiger partial charge in [0.2, 0.25) is 5.91 Å². The number of hydrogen-bond acceptors (Lipinski definition) is 3. The highest BCUT2D eigenvalue weighted by Crippen LogP contribution is 2.58. The Morgan fingerprint density at radius 2 is 1.70 bits per heavy atom. The second-order valence-corrected chi connectivity index (χ2v) is 11.2. The van der Waals surface area contributed by atoms with Crippen molar-refractivity contribution in [2.45, 2.75) is 89.0 Å². The fourth-order valence-electron chi connectivity index (χ4n) is 6.64. The summed E-state index contributed by atoms with van der Waals surface area (Å²) >= 11 is 0. The van der Waals surface area contributed by atoms with E-state index in [-0.39, 0.29) is 10.8 Å². The molecule has 180 valence electrons. The maximum absolute atomic E-state index is 13.4. The Labute approximate surface area is 197 Å². The number of fused-ring (bicyclic) bond motifs is 3. The molecule has 1 aromatic rings. The zero-order valence-electron chi connectivity index (χ0n) is 20.0. The van der Waals surface area contributed by atoms with Crippen LogP contribution in [-0.2, 0) is 14.9 Å². The van der Waals surface area contributed by atoms with Gasteiger partial charge in [0.25, 0.3) is 0 Å². The van der Waals surface area contributed by atoms with Crippen molar-refractivity contribution in [2.24, 2.45) is 10.8 Å². The zero-order valence-corrected chi connectivity index (χ0v) is 20.0. The number of carbonyl (C=O) groups excluding carboxylic acids is 1. The van der Waals surface area contributed by atoms with E-state index in [9.17, 15) is 9.18 Å². The molecule has 2 bridgehead atoms. The third kappa shape index (κ3) is 4.34. The second kappa shape index (κ2) is 9.05. The van der Waals surface area contributed by atoms with E-state index in [1.54, 1.807) is 0 Å². The molecule has 4 aliphatic carbocycles. The molecule has 1 spiro atoms. The Morgan fingerprint density at radius 1 is 1.06 bits per heavy atom. The number of rotatable bonds is 7. The summed E-state index contributed by atoms with van der Waals surface area (Å²) in [7, 11) is 0. The molecule has 5 aliphatic rings. The highest BCUT2D eigenvalue weighted by atomic mass is 19.1. The molecule has 1 heterocycles. The van der Waals surface area contributed by atoms with Gasteiger partial charge in [-0.25, -0.2) is 4.39 Å². The molecule has 4 saturated carbocycles. The van der Waals surface area contributed by atoms with E-state index in [0.717, 1.165) is 70.3 Å². The van der Waals surface area contributed by atoms with Crippen LogP contribution >= 0.6 is 0 Å². The van der Waals surface area contributed by atoms with Crippen LogP contribution < -0.4 is 10.1 Å². The Bertz CT molecular complexity index is 854. The molecule has 1 saturated heterocycles. The van der Waals surface area contributed by atoms with Crippen LogP contribution in [0.25, 0.3) is 0 Å². The van der Waals surface area contributed by atoms with E-state index in [1.807, 2.05) is 19.1 Å². The van der Waals surface area contributed by atoms with Crippen LogP contribution in [0.4, 0.5) is 4.39 Å². The van der Waals surface area contributed by atoms with Gasteiger partial charge in [0.15, 0.2) is 0 Å². The summed E-state index contributed by atoms with van der Waals surface area (Å²) in [5.41, 5.74) is 2.49. The fourth-order valence-corrected chi connectivity index (χ4v) is 6.64. The lowest BCUT2D eigenvalue weighted by molar-refractivity contribution is -0.144. The maximum atomic E-state index is 13.4. The van der Waals surface area contributed by atoms with Crippen LogP contribution in [0.15, 0.2) is 36.2 Å². The van der Waals surface area contributed by atoms with E-state index in [1.165, 1.54) is 18.4 Å². The van der Waals surface area contributed by atoms with Crippen LogP contribution in [0.3, 0.4) is 0 Å². The lowest BCUT2D eigenvalue weighted by atomic mass is 9.51. The average Bonchev–Trinajstić information content (AvgIpc) is 2.85. The first-order chi connectivity index (χ1) is 16.0. The Kier molecular flexibility index (Phi) is 6.28. The van der Waals surface area contributed by atoms with Gasteiger partial charge < -0.3 is 14.8 Å². The first kappa shape index (κ1) is 22.9. The minimum atomic E-state index is -0.158. The SMILES string of the molecule is CC/C(=C\F)COc1ccc(C23CCC(C(=O)NC4CCC5(CC4)COC5)(CC2)CC3)cc1. The van der Waals surface area contributed by atoms with Crippen molar-refractivity contribution in [3.8, 4) is 5.75 Å². The molecule has 1 aromatic carbocycles. The molecule has 0 unspecified atom stereocenters. The molecule has 5 heteroatoms. The lowest BCUT2D eigenvalue weighted by Gasteiger charge is -2.53. The van der Waals surface area contributed by atoms with Gasteiger partial charge in [0, 0.05) is 16.9 Å². The summed E-state index contributed by atoms with van der Waals surface area (Å²) in [4.78, 5) is 13.4. The smallest absolute Gasteiger partial charge is 0.226 e. The fraction of sp³-hybridized carbons (Fsp3) is 0.679. The molecule has 1 N–H and O–H groups in total. The first-order valence-electron chi connectivity index (χ1n) is 12.9. The van der Waals surface area contributed by atoms with Crippen molar-refractivity contribution in [3.05, 3.63) is 41.7 Å². The van der Waals surface area contributed by atoms with Gasteiger partial charge >= 0.3 is 0 Å². The summed E-state index contributed by atoms with van der Waals surface area (Å²) < 4.78 is 23.9. The normalized spacial score (nSPS) is 31.3. The zero-order chi connectivity index (χ0) is 22.9. The van der Waals surface area contributed by atoms with Gasteiger partial charge in [-0.1, -0.05) is 19.1 Å². The third-order valence-corrected chi connectivity index (χ3v) is 9.43. The van der Waals surface area contributed by atoms with Crippen LogP contribution in [0.2, 0.25) is 0 Å². The standard InChI is InChI=1S/C28H38FNO3/c1-2-21(17-29)18-33-24-5-3-22(4-6-24)27-11-14-28(15-12-27,16-13-27)25(31)30-23-7-9-26(10-8-23)19-32-20-26/h3-6,17,23H,2,7-16,18-20H2,1H3,(H,30,31)/b21-17+.